The van der Waals surface area contributed by atoms with Crippen LogP contribution >= 0.6 is 0 Å². The van der Waals surface area contributed by atoms with Crippen LogP contribution < -0.4 is 10.1 Å². The zero-order chi connectivity index (χ0) is 18.1. The first-order valence-corrected chi connectivity index (χ1v) is 8.85. The van der Waals surface area contributed by atoms with Gasteiger partial charge < -0.3 is 14.8 Å². The fourth-order valence-corrected chi connectivity index (χ4v) is 2.85. The Hall–Kier alpha value is -1.92. The molecule has 1 heterocycles. The monoisotopic (exact) mass is 348 g/mol. The number of ketones is 1. The van der Waals surface area contributed by atoms with Gasteiger partial charge in [-0.25, -0.2) is 0 Å². The minimum absolute atomic E-state index is 0.0657. The number of hydrogen-bond acceptors (Lipinski definition) is 5. The Morgan fingerprint density at radius 1 is 1.24 bits per heavy atom. The zero-order valence-corrected chi connectivity index (χ0v) is 15.2. The van der Waals surface area contributed by atoms with Crippen LogP contribution in [0.15, 0.2) is 18.2 Å². The number of carbonyl (C=O) groups is 2. The van der Waals surface area contributed by atoms with Crippen LogP contribution in [0.5, 0.6) is 5.75 Å². The first-order chi connectivity index (χ1) is 12.1. The van der Waals surface area contributed by atoms with E-state index in [1.54, 1.807) is 19.2 Å². The number of amides is 1. The maximum absolute atomic E-state index is 12.3. The second-order valence-corrected chi connectivity index (χ2v) is 6.28. The van der Waals surface area contributed by atoms with Crippen LogP contribution in [0.1, 0.15) is 35.2 Å². The van der Waals surface area contributed by atoms with Crippen LogP contribution in [0.3, 0.4) is 0 Å². The highest BCUT2D eigenvalue weighted by Gasteiger charge is 2.14. The molecule has 6 heteroatoms. The smallest absolute Gasteiger partial charge is 0.220 e. The van der Waals surface area contributed by atoms with Crippen molar-refractivity contribution in [3.63, 3.8) is 0 Å². The third-order valence-electron chi connectivity index (χ3n) is 4.31. The Kier molecular flexibility index (Phi) is 7.88. The highest BCUT2D eigenvalue weighted by molar-refractivity contribution is 6.00. The molecular weight excluding hydrogens is 320 g/mol. The van der Waals surface area contributed by atoms with Gasteiger partial charge in [-0.15, -0.1) is 0 Å². The number of ether oxygens (including phenoxy) is 2. The van der Waals surface area contributed by atoms with E-state index in [0.717, 1.165) is 44.8 Å². The first-order valence-electron chi connectivity index (χ1n) is 8.85. The van der Waals surface area contributed by atoms with E-state index in [9.17, 15) is 9.59 Å². The highest BCUT2D eigenvalue weighted by atomic mass is 16.5. The molecule has 0 radical (unpaired) electrons. The van der Waals surface area contributed by atoms with E-state index < -0.39 is 0 Å². The van der Waals surface area contributed by atoms with Gasteiger partial charge in [0.2, 0.25) is 5.91 Å². The molecule has 0 spiro atoms. The Morgan fingerprint density at radius 3 is 2.72 bits per heavy atom. The Balaban J connectivity index is 1.67. The van der Waals surface area contributed by atoms with Crippen LogP contribution in [0.4, 0.5) is 0 Å². The summed E-state index contributed by atoms with van der Waals surface area (Å²) in [5, 5.41) is 2.89. The number of aryl methyl sites for hydroxylation is 1. The Labute approximate surface area is 149 Å². The second kappa shape index (κ2) is 10.2. The van der Waals surface area contributed by atoms with Crippen molar-refractivity contribution in [2.24, 2.45) is 0 Å². The maximum atomic E-state index is 12.3. The third-order valence-corrected chi connectivity index (χ3v) is 4.31. The lowest BCUT2D eigenvalue weighted by Crippen LogP contribution is -2.38. The van der Waals surface area contributed by atoms with Crippen LogP contribution in [0.2, 0.25) is 0 Å². The number of morpholine rings is 1. The number of nitrogens with one attached hydrogen (secondary N) is 1. The fraction of sp³-hybridized carbons (Fsp3) is 0.579. The third kappa shape index (κ3) is 6.48. The van der Waals surface area contributed by atoms with E-state index in [4.69, 9.17) is 9.47 Å². The summed E-state index contributed by atoms with van der Waals surface area (Å²) in [6.45, 7) is 7.02. The number of hydrogen-bond donors (Lipinski definition) is 1. The molecule has 1 saturated heterocycles. The SMILES string of the molecule is COc1ccc(C)cc1C(=O)CCC(=O)NCCCN1CCOCC1. The van der Waals surface area contributed by atoms with Crippen molar-refractivity contribution in [1.29, 1.82) is 0 Å². The van der Waals surface area contributed by atoms with Gasteiger partial charge in [-0.05, 0) is 32.0 Å². The summed E-state index contributed by atoms with van der Waals surface area (Å²) in [6.07, 6.45) is 1.30. The molecule has 1 amide bonds. The molecule has 0 atom stereocenters. The lowest BCUT2D eigenvalue weighted by molar-refractivity contribution is -0.121. The maximum Gasteiger partial charge on any atom is 0.220 e. The molecule has 0 saturated carbocycles. The first kappa shape index (κ1) is 19.4. The van der Waals surface area contributed by atoms with Crippen molar-refractivity contribution in [2.75, 3.05) is 46.5 Å². The minimum atomic E-state index is -0.0815. The molecular formula is C19H28N2O4. The van der Waals surface area contributed by atoms with E-state index in [2.05, 4.69) is 10.2 Å². The van der Waals surface area contributed by atoms with Crippen molar-refractivity contribution in [1.82, 2.24) is 10.2 Å². The average Bonchev–Trinajstić information content (AvgIpc) is 2.64. The molecule has 0 bridgehead atoms. The molecule has 6 nitrogen and oxygen atoms in total. The molecule has 1 aromatic rings. The van der Waals surface area contributed by atoms with Gasteiger partial charge in [-0.1, -0.05) is 11.6 Å². The zero-order valence-electron chi connectivity index (χ0n) is 15.2. The van der Waals surface area contributed by atoms with E-state index in [0.29, 0.717) is 17.9 Å². The van der Waals surface area contributed by atoms with E-state index >= 15 is 0 Å². The Morgan fingerprint density at radius 2 is 2.00 bits per heavy atom. The molecule has 25 heavy (non-hydrogen) atoms. The normalized spacial score (nSPS) is 15.0. The summed E-state index contributed by atoms with van der Waals surface area (Å²) in [4.78, 5) is 26.6. The van der Waals surface area contributed by atoms with Gasteiger partial charge in [-0.3, -0.25) is 14.5 Å². The standard InChI is InChI=1S/C19H28N2O4/c1-15-4-6-18(24-2)16(14-15)17(22)5-7-19(23)20-8-3-9-21-10-12-25-13-11-21/h4,6,14H,3,5,7-13H2,1-2H3,(H,20,23). The lowest BCUT2D eigenvalue weighted by Gasteiger charge is -2.26. The molecule has 0 aromatic heterocycles. The van der Waals surface area contributed by atoms with Gasteiger partial charge in [0.25, 0.3) is 0 Å². The fourth-order valence-electron chi connectivity index (χ4n) is 2.85. The Bertz CT molecular complexity index is 583. The quantitative estimate of drug-likeness (QED) is 0.544. The predicted octanol–water partition coefficient (Wildman–Crippen LogP) is 1.81. The van der Waals surface area contributed by atoms with Crippen molar-refractivity contribution in [3.8, 4) is 5.75 Å². The molecule has 138 valence electrons. The lowest BCUT2D eigenvalue weighted by atomic mass is 10.0. The number of rotatable bonds is 9. The molecule has 1 aliphatic rings. The van der Waals surface area contributed by atoms with Gasteiger partial charge in [-0.2, -0.15) is 0 Å². The van der Waals surface area contributed by atoms with Crippen LogP contribution in [-0.2, 0) is 9.53 Å². The number of Topliss-reactive ketones (excluding diaryl/α,β-unsaturated/α-hetero) is 1. The van der Waals surface area contributed by atoms with Crippen molar-refractivity contribution in [3.05, 3.63) is 29.3 Å². The second-order valence-electron chi connectivity index (χ2n) is 6.28. The van der Waals surface area contributed by atoms with Gasteiger partial charge >= 0.3 is 0 Å². The summed E-state index contributed by atoms with van der Waals surface area (Å²) in [7, 11) is 1.54. The van der Waals surface area contributed by atoms with Gasteiger partial charge in [0.15, 0.2) is 5.78 Å². The largest absolute Gasteiger partial charge is 0.496 e. The van der Waals surface area contributed by atoms with Gasteiger partial charge in [0.05, 0.1) is 25.9 Å². The van der Waals surface area contributed by atoms with E-state index in [-0.39, 0.29) is 24.5 Å². The molecule has 1 aromatic carbocycles. The molecule has 1 fully saturated rings. The van der Waals surface area contributed by atoms with Crippen molar-refractivity contribution >= 4 is 11.7 Å². The highest BCUT2D eigenvalue weighted by Crippen LogP contribution is 2.21. The van der Waals surface area contributed by atoms with E-state index in [1.165, 1.54) is 0 Å². The van der Waals surface area contributed by atoms with E-state index in [1.807, 2.05) is 13.0 Å². The molecule has 1 aliphatic heterocycles. The topological polar surface area (TPSA) is 67.9 Å². The van der Waals surface area contributed by atoms with Crippen molar-refractivity contribution < 1.29 is 19.1 Å². The number of benzene rings is 1. The van der Waals surface area contributed by atoms with Gasteiger partial charge in [0, 0.05) is 32.5 Å². The number of methoxy groups -OCH3 is 1. The summed E-state index contributed by atoms with van der Waals surface area (Å²) in [5.41, 5.74) is 1.54. The molecule has 2 rings (SSSR count). The number of carbonyl (C=O) groups excluding carboxylic acids is 2. The average molecular weight is 348 g/mol. The number of nitrogens with zero attached hydrogens (tertiary/aromatic N) is 1. The predicted molar refractivity (Wildman–Crippen MR) is 96.2 cm³/mol. The van der Waals surface area contributed by atoms with Crippen LogP contribution in [0, 0.1) is 6.92 Å². The van der Waals surface area contributed by atoms with Gasteiger partial charge in [0.1, 0.15) is 5.75 Å². The summed E-state index contributed by atoms with van der Waals surface area (Å²) >= 11 is 0. The van der Waals surface area contributed by atoms with Crippen molar-refractivity contribution in [2.45, 2.75) is 26.2 Å². The summed E-state index contributed by atoms with van der Waals surface area (Å²) in [6, 6.07) is 5.49. The van der Waals surface area contributed by atoms with Crippen LogP contribution in [-0.4, -0.2) is 63.1 Å². The minimum Gasteiger partial charge on any atom is -0.496 e. The molecule has 0 aliphatic carbocycles. The summed E-state index contributed by atoms with van der Waals surface area (Å²) in [5.74, 6) is 0.410. The molecule has 0 unspecified atom stereocenters. The van der Waals surface area contributed by atoms with Crippen LogP contribution in [0.25, 0.3) is 0 Å². The summed E-state index contributed by atoms with van der Waals surface area (Å²) < 4.78 is 10.5. The molecule has 1 N–H and O–H groups in total.